The summed E-state index contributed by atoms with van der Waals surface area (Å²) in [4.78, 5) is 22.9. The van der Waals surface area contributed by atoms with Crippen LogP contribution >= 0.6 is 15.9 Å². The van der Waals surface area contributed by atoms with Gasteiger partial charge in [0.05, 0.1) is 11.1 Å². The van der Waals surface area contributed by atoms with E-state index in [-0.39, 0.29) is 17.9 Å². The van der Waals surface area contributed by atoms with Gasteiger partial charge in [-0.25, -0.2) is 9.18 Å². The standard InChI is InChI=1S/C17H12BrF4NO4/c18-11-3-1-9(13(19)6-11)7-23-16(26)12-5-10(17(20,21)22)2-4-14(12)27-8-15(24)25/h1-6H,7-8H2,(H,23,26)(H,24,25). The summed E-state index contributed by atoms with van der Waals surface area (Å²) in [6, 6.07) is 6.19. The topological polar surface area (TPSA) is 75.6 Å². The van der Waals surface area contributed by atoms with E-state index in [0.29, 0.717) is 16.6 Å². The van der Waals surface area contributed by atoms with Gasteiger partial charge in [0.2, 0.25) is 0 Å². The van der Waals surface area contributed by atoms with Gasteiger partial charge in [0, 0.05) is 16.6 Å². The van der Waals surface area contributed by atoms with Crippen molar-refractivity contribution in [3.05, 3.63) is 63.4 Å². The Kier molecular flexibility index (Phi) is 6.42. The highest BCUT2D eigenvalue weighted by atomic mass is 79.9. The lowest BCUT2D eigenvalue weighted by Crippen LogP contribution is -2.25. The number of amides is 1. The van der Waals surface area contributed by atoms with Crippen LogP contribution in [0.3, 0.4) is 0 Å². The van der Waals surface area contributed by atoms with E-state index in [9.17, 15) is 27.2 Å². The minimum absolute atomic E-state index is 0.117. The molecule has 0 heterocycles. The molecule has 0 aliphatic rings. The van der Waals surface area contributed by atoms with Crippen LogP contribution < -0.4 is 10.1 Å². The van der Waals surface area contributed by atoms with Crippen molar-refractivity contribution in [2.24, 2.45) is 0 Å². The number of benzene rings is 2. The molecule has 2 rings (SSSR count). The molecule has 0 aliphatic heterocycles. The van der Waals surface area contributed by atoms with Gasteiger partial charge in [0.1, 0.15) is 11.6 Å². The van der Waals surface area contributed by atoms with Crippen LogP contribution in [0.15, 0.2) is 40.9 Å². The number of carbonyl (C=O) groups excluding carboxylic acids is 1. The summed E-state index contributed by atoms with van der Waals surface area (Å²) in [5.41, 5.74) is -1.50. The summed E-state index contributed by atoms with van der Waals surface area (Å²) < 4.78 is 57.8. The van der Waals surface area contributed by atoms with E-state index >= 15 is 0 Å². The molecule has 2 N–H and O–H groups in total. The number of carboxylic acid groups (broad SMARTS) is 1. The Hall–Kier alpha value is -2.62. The van der Waals surface area contributed by atoms with Gasteiger partial charge in [0.15, 0.2) is 6.61 Å². The number of alkyl halides is 3. The zero-order valence-corrected chi connectivity index (χ0v) is 15.0. The Bertz CT molecular complexity index is 870. The molecule has 0 fully saturated rings. The van der Waals surface area contributed by atoms with Gasteiger partial charge in [-0.1, -0.05) is 22.0 Å². The predicted octanol–water partition coefficient (Wildman–Crippen LogP) is 4.00. The van der Waals surface area contributed by atoms with Gasteiger partial charge in [-0.05, 0) is 30.3 Å². The molecule has 0 saturated heterocycles. The monoisotopic (exact) mass is 449 g/mol. The fraction of sp³-hybridized carbons (Fsp3) is 0.176. The average Bonchev–Trinajstić information content (AvgIpc) is 2.58. The summed E-state index contributed by atoms with van der Waals surface area (Å²) in [7, 11) is 0. The molecular weight excluding hydrogens is 438 g/mol. The van der Waals surface area contributed by atoms with Gasteiger partial charge in [-0.3, -0.25) is 4.79 Å². The molecule has 2 aromatic rings. The first-order valence-electron chi connectivity index (χ1n) is 7.36. The normalized spacial score (nSPS) is 11.1. The summed E-state index contributed by atoms with van der Waals surface area (Å²) in [6.07, 6.45) is -4.71. The molecule has 10 heteroatoms. The highest BCUT2D eigenvalue weighted by Crippen LogP contribution is 2.32. The molecule has 2 aromatic carbocycles. The molecule has 0 unspecified atom stereocenters. The van der Waals surface area contributed by atoms with Crippen molar-refractivity contribution in [3.8, 4) is 5.75 Å². The largest absolute Gasteiger partial charge is 0.481 e. The highest BCUT2D eigenvalue weighted by Gasteiger charge is 2.32. The zero-order valence-electron chi connectivity index (χ0n) is 13.4. The van der Waals surface area contributed by atoms with Crippen molar-refractivity contribution < 1.29 is 37.0 Å². The van der Waals surface area contributed by atoms with Gasteiger partial charge in [-0.2, -0.15) is 13.2 Å². The minimum atomic E-state index is -4.71. The number of carboxylic acids is 1. The minimum Gasteiger partial charge on any atom is -0.481 e. The number of nitrogens with one attached hydrogen (secondary N) is 1. The quantitative estimate of drug-likeness (QED) is 0.653. The SMILES string of the molecule is O=C(O)COc1ccc(C(F)(F)F)cc1C(=O)NCc1ccc(Br)cc1F. The second-order valence-electron chi connectivity index (χ2n) is 5.31. The smallest absolute Gasteiger partial charge is 0.416 e. The second kappa shape index (κ2) is 8.38. The maximum atomic E-state index is 13.8. The lowest BCUT2D eigenvalue weighted by atomic mass is 10.1. The van der Waals surface area contributed by atoms with Crippen LogP contribution in [-0.2, 0) is 17.5 Å². The van der Waals surface area contributed by atoms with Crippen molar-refractivity contribution in [1.29, 1.82) is 0 Å². The van der Waals surface area contributed by atoms with Gasteiger partial charge >= 0.3 is 12.1 Å². The summed E-state index contributed by atoms with van der Waals surface area (Å²) in [6.45, 7) is -1.13. The molecule has 0 radical (unpaired) electrons. The van der Waals surface area contributed by atoms with Crippen LogP contribution in [0.2, 0.25) is 0 Å². The third kappa shape index (κ3) is 5.68. The number of hydrogen-bond acceptors (Lipinski definition) is 3. The predicted molar refractivity (Wildman–Crippen MR) is 89.8 cm³/mol. The molecule has 144 valence electrons. The summed E-state index contributed by atoms with van der Waals surface area (Å²) >= 11 is 3.08. The van der Waals surface area contributed by atoms with Crippen molar-refractivity contribution in [3.63, 3.8) is 0 Å². The molecule has 0 spiro atoms. The van der Waals surface area contributed by atoms with E-state index in [1.807, 2.05) is 0 Å². The highest BCUT2D eigenvalue weighted by molar-refractivity contribution is 9.10. The lowest BCUT2D eigenvalue weighted by Gasteiger charge is -2.14. The van der Waals surface area contributed by atoms with Gasteiger partial charge < -0.3 is 15.2 Å². The van der Waals surface area contributed by atoms with E-state index in [2.05, 4.69) is 21.2 Å². The van der Waals surface area contributed by atoms with Crippen molar-refractivity contribution >= 4 is 27.8 Å². The molecule has 0 saturated carbocycles. The van der Waals surface area contributed by atoms with Gasteiger partial charge in [-0.15, -0.1) is 0 Å². The van der Waals surface area contributed by atoms with Crippen molar-refractivity contribution in [2.45, 2.75) is 12.7 Å². The van der Waals surface area contributed by atoms with Crippen LogP contribution in [0.4, 0.5) is 17.6 Å². The maximum absolute atomic E-state index is 13.8. The van der Waals surface area contributed by atoms with Crippen LogP contribution in [0.25, 0.3) is 0 Å². The Balaban J connectivity index is 2.26. The van der Waals surface area contributed by atoms with E-state index < -0.39 is 41.6 Å². The fourth-order valence-electron chi connectivity index (χ4n) is 2.08. The first kappa shape index (κ1) is 20.7. The van der Waals surface area contributed by atoms with Crippen LogP contribution in [0.1, 0.15) is 21.5 Å². The van der Waals surface area contributed by atoms with Crippen LogP contribution in [0, 0.1) is 5.82 Å². The molecule has 27 heavy (non-hydrogen) atoms. The Morgan fingerprint density at radius 1 is 1.15 bits per heavy atom. The molecule has 1 amide bonds. The Morgan fingerprint density at radius 2 is 1.85 bits per heavy atom. The average molecular weight is 450 g/mol. The van der Waals surface area contributed by atoms with Crippen LogP contribution in [0.5, 0.6) is 5.75 Å². The van der Waals surface area contributed by atoms with E-state index in [4.69, 9.17) is 9.84 Å². The number of aliphatic carboxylic acids is 1. The maximum Gasteiger partial charge on any atom is 0.416 e. The fourth-order valence-corrected chi connectivity index (χ4v) is 2.42. The Labute approximate surface area is 159 Å². The van der Waals surface area contributed by atoms with Crippen molar-refractivity contribution in [2.75, 3.05) is 6.61 Å². The van der Waals surface area contributed by atoms with E-state index in [1.54, 1.807) is 0 Å². The number of hydrogen-bond donors (Lipinski definition) is 2. The van der Waals surface area contributed by atoms with Crippen molar-refractivity contribution in [1.82, 2.24) is 5.32 Å². The van der Waals surface area contributed by atoms with Gasteiger partial charge in [0.25, 0.3) is 5.91 Å². The molecule has 0 aromatic heterocycles. The number of halogens is 5. The first-order valence-corrected chi connectivity index (χ1v) is 8.15. The first-order chi connectivity index (χ1) is 12.6. The zero-order chi connectivity index (χ0) is 20.2. The molecule has 5 nitrogen and oxygen atoms in total. The number of ether oxygens (including phenoxy) is 1. The van der Waals surface area contributed by atoms with E-state index in [0.717, 1.165) is 6.07 Å². The second-order valence-corrected chi connectivity index (χ2v) is 6.23. The molecule has 0 atom stereocenters. The summed E-state index contributed by atoms with van der Waals surface area (Å²) in [5.74, 6) is -3.28. The molecular formula is C17H12BrF4NO4. The Morgan fingerprint density at radius 3 is 2.44 bits per heavy atom. The number of rotatable bonds is 6. The third-order valence-electron chi connectivity index (χ3n) is 3.36. The molecule has 0 bridgehead atoms. The van der Waals surface area contributed by atoms with E-state index in [1.165, 1.54) is 18.2 Å². The summed E-state index contributed by atoms with van der Waals surface area (Å²) in [5, 5.41) is 10.9. The molecule has 0 aliphatic carbocycles. The van der Waals surface area contributed by atoms with Crippen LogP contribution in [-0.4, -0.2) is 23.6 Å². The third-order valence-corrected chi connectivity index (χ3v) is 3.85. The number of carbonyl (C=O) groups is 2. The lowest BCUT2D eigenvalue weighted by molar-refractivity contribution is -0.140.